The van der Waals surface area contributed by atoms with Gasteiger partial charge < -0.3 is 5.73 Å². The Hall–Kier alpha value is 0.270. The number of hydrogen-bond acceptors (Lipinski definition) is 3. The average molecular weight is 244 g/mol. The fourth-order valence-corrected chi connectivity index (χ4v) is 3.66. The van der Waals surface area contributed by atoms with Crippen molar-refractivity contribution in [3.8, 4) is 0 Å². The molecule has 1 saturated carbocycles. The summed E-state index contributed by atoms with van der Waals surface area (Å²) in [6.07, 6.45) is 10.00. The zero-order valence-corrected chi connectivity index (χ0v) is 11.9. The third kappa shape index (κ3) is 3.94. The van der Waals surface area contributed by atoms with Gasteiger partial charge in [0.05, 0.1) is 0 Å². The molecule has 0 aromatic carbocycles. The Balaban J connectivity index is 2.57. The van der Waals surface area contributed by atoms with Crippen LogP contribution in [0.3, 0.4) is 0 Å². The molecular formula is C13H28N2S. The zero-order chi connectivity index (χ0) is 12.0. The van der Waals surface area contributed by atoms with Gasteiger partial charge in [-0.1, -0.05) is 26.2 Å². The Bertz CT molecular complexity index is 187. The first-order chi connectivity index (χ1) is 7.70. The second-order valence-corrected chi connectivity index (χ2v) is 5.96. The second-order valence-electron chi connectivity index (χ2n) is 5.05. The van der Waals surface area contributed by atoms with Gasteiger partial charge in [0.2, 0.25) is 0 Å². The van der Waals surface area contributed by atoms with Crippen LogP contribution in [0.25, 0.3) is 0 Å². The maximum Gasteiger partial charge on any atom is 0.0247 e. The predicted molar refractivity (Wildman–Crippen MR) is 75.1 cm³/mol. The summed E-state index contributed by atoms with van der Waals surface area (Å²) >= 11 is 1.95. The van der Waals surface area contributed by atoms with Crippen molar-refractivity contribution in [1.29, 1.82) is 0 Å². The SMILES string of the molecule is CCC(CSC)N(C)C1CCCCCC1N. The predicted octanol–water partition coefficient (Wildman–Crippen LogP) is 2.72. The minimum atomic E-state index is 0.392. The molecule has 0 aromatic rings. The van der Waals surface area contributed by atoms with Crippen LogP contribution in [0.5, 0.6) is 0 Å². The molecule has 3 atom stereocenters. The molecule has 0 spiro atoms. The molecule has 16 heavy (non-hydrogen) atoms. The molecule has 3 heteroatoms. The van der Waals surface area contributed by atoms with Crippen molar-refractivity contribution >= 4 is 11.8 Å². The molecule has 1 aliphatic rings. The summed E-state index contributed by atoms with van der Waals surface area (Å²) in [5.74, 6) is 1.23. The molecule has 2 nitrogen and oxygen atoms in total. The molecule has 1 aliphatic carbocycles. The quantitative estimate of drug-likeness (QED) is 0.754. The summed E-state index contributed by atoms with van der Waals surface area (Å²) in [4.78, 5) is 2.56. The van der Waals surface area contributed by atoms with Crippen molar-refractivity contribution in [2.45, 2.75) is 63.6 Å². The summed E-state index contributed by atoms with van der Waals surface area (Å²) in [5.41, 5.74) is 6.32. The molecule has 0 aromatic heterocycles. The van der Waals surface area contributed by atoms with Gasteiger partial charge in [-0.05, 0) is 32.6 Å². The van der Waals surface area contributed by atoms with E-state index in [1.807, 2.05) is 11.8 Å². The van der Waals surface area contributed by atoms with Crippen molar-refractivity contribution in [1.82, 2.24) is 4.90 Å². The van der Waals surface area contributed by atoms with Crippen LogP contribution in [0, 0.1) is 0 Å². The fourth-order valence-electron chi connectivity index (χ4n) is 2.81. The molecule has 0 amide bonds. The van der Waals surface area contributed by atoms with Crippen molar-refractivity contribution < 1.29 is 0 Å². The van der Waals surface area contributed by atoms with E-state index in [1.165, 1.54) is 44.3 Å². The summed E-state index contributed by atoms with van der Waals surface area (Å²) in [7, 11) is 2.28. The topological polar surface area (TPSA) is 29.3 Å². The number of nitrogens with two attached hydrogens (primary N) is 1. The molecule has 0 bridgehead atoms. The number of hydrogen-bond donors (Lipinski definition) is 1. The number of nitrogens with zero attached hydrogens (tertiary/aromatic N) is 1. The summed E-state index contributed by atoms with van der Waals surface area (Å²) in [6, 6.07) is 1.70. The Kier molecular flexibility index (Phi) is 6.78. The highest BCUT2D eigenvalue weighted by Crippen LogP contribution is 2.23. The maximum absolute atomic E-state index is 6.32. The molecule has 0 saturated heterocycles. The lowest BCUT2D eigenvalue weighted by atomic mass is 10.0. The molecule has 0 radical (unpaired) electrons. The van der Waals surface area contributed by atoms with E-state index in [1.54, 1.807) is 0 Å². The van der Waals surface area contributed by atoms with Gasteiger partial charge in [0.15, 0.2) is 0 Å². The first-order valence-electron chi connectivity index (χ1n) is 6.67. The molecule has 2 N–H and O–H groups in total. The van der Waals surface area contributed by atoms with Crippen molar-refractivity contribution in [3.05, 3.63) is 0 Å². The highest BCUT2D eigenvalue weighted by Gasteiger charge is 2.27. The van der Waals surface area contributed by atoms with E-state index in [4.69, 9.17) is 5.73 Å². The normalized spacial score (nSPS) is 29.1. The highest BCUT2D eigenvalue weighted by atomic mass is 32.2. The summed E-state index contributed by atoms with van der Waals surface area (Å²) in [5, 5.41) is 0. The Morgan fingerprint density at radius 1 is 1.31 bits per heavy atom. The van der Waals surface area contributed by atoms with Crippen LogP contribution in [-0.4, -0.2) is 42.1 Å². The first kappa shape index (κ1) is 14.3. The monoisotopic (exact) mass is 244 g/mol. The van der Waals surface area contributed by atoms with Gasteiger partial charge in [-0.2, -0.15) is 11.8 Å². The Labute approximate surface area is 105 Å². The lowest BCUT2D eigenvalue weighted by Gasteiger charge is -2.37. The minimum Gasteiger partial charge on any atom is -0.326 e. The largest absolute Gasteiger partial charge is 0.326 e. The third-order valence-corrected chi connectivity index (χ3v) is 4.68. The summed E-state index contributed by atoms with van der Waals surface area (Å²) in [6.45, 7) is 2.29. The highest BCUT2D eigenvalue weighted by molar-refractivity contribution is 7.98. The first-order valence-corrected chi connectivity index (χ1v) is 8.06. The summed E-state index contributed by atoms with van der Waals surface area (Å²) < 4.78 is 0. The van der Waals surface area contributed by atoms with E-state index in [9.17, 15) is 0 Å². The van der Waals surface area contributed by atoms with Crippen LogP contribution >= 0.6 is 11.8 Å². The molecular weight excluding hydrogens is 216 g/mol. The standard InChI is InChI=1S/C13H28N2S/c1-4-11(10-16-3)15(2)13-9-7-5-6-8-12(13)14/h11-13H,4-10,14H2,1-3H3. The lowest BCUT2D eigenvalue weighted by molar-refractivity contribution is 0.151. The Morgan fingerprint density at radius 3 is 2.62 bits per heavy atom. The number of rotatable bonds is 5. The van der Waals surface area contributed by atoms with Crippen molar-refractivity contribution in [3.63, 3.8) is 0 Å². The van der Waals surface area contributed by atoms with Gasteiger partial charge in [-0.25, -0.2) is 0 Å². The van der Waals surface area contributed by atoms with E-state index in [-0.39, 0.29) is 0 Å². The third-order valence-electron chi connectivity index (χ3n) is 3.96. The fraction of sp³-hybridized carbons (Fsp3) is 1.00. The smallest absolute Gasteiger partial charge is 0.0247 e. The van der Waals surface area contributed by atoms with Gasteiger partial charge in [-0.15, -0.1) is 0 Å². The van der Waals surface area contributed by atoms with E-state index < -0.39 is 0 Å². The number of thioether (sulfide) groups is 1. The van der Waals surface area contributed by atoms with Gasteiger partial charge in [0.25, 0.3) is 0 Å². The van der Waals surface area contributed by atoms with Gasteiger partial charge in [0.1, 0.15) is 0 Å². The van der Waals surface area contributed by atoms with Gasteiger partial charge >= 0.3 is 0 Å². The molecule has 0 heterocycles. The number of likely N-dealkylation sites (N-methyl/N-ethyl adjacent to an activating group) is 1. The lowest BCUT2D eigenvalue weighted by Crippen LogP contribution is -2.50. The second kappa shape index (κ2) is 7.57. The van der Waals surface area contributed by atoms with Crippen LogP contribution in [0.1, 0.15) is 45.4 Å². The van der Waals surface area contributed by atoms with E-state index in [0.29, 0.717) is 18.1 Å². The van der Waals surface area contributed by atoms with Gasteiger partial charge in [-0.3, -0.25) is 4.90 Å². The van der Waals surface area contributed by atoms with Gasteiger partial charge in [0, 0.05) is 23.9 Å². The van der Waals surface area contributed by atoms with E-state index in [2.05, 4.69) is 25.1 Å². The molecule has 1 fully saturated rings. The van der Waals surface area contributed by atoms with Crippen LogP contribution in [-0.2, 0) is 0 Å². The molecule has 3 unspecified atom stereocenters. The molecule has 96 valence electrons. The zero-order valence-electron chi connectivity index (χ0n) is 11.1. The molecule has 0 aliphatic heterocycles. The van der Waals surface area contributed by atoms with Crippen molar-refractivity contribution in [2.75, 3.05) is 19.1 Å². The van der Waals surface area contributed by atoms with Crippen LogP contribution in [0.4, 0.5) is 0 Å². The van der Waals surface area contributed by atoms with E-state index in [0.717, 1.165) is 0 Å². The van der Waals surface area contributed by atoms with E-state index >= 15 is 0 Å². The molecule has 1 rings (SSSR count). The minimum absolute atomic E-state index is 0.392. The van der Waals surface area contributed by atoms with Crippen LogP contribution in [0.15, 0.2) is 0 Å². The van der Waals surface area contributed by atoms with Crippen LogP contribution < -0.4 is 5.73 Å². The maximum atomic E-state index is 6.32. The van der Waals surface area contributed by atoms with Crippen molar-refractivity contribution in [2.24, 2.45) is 5.73 Å². The average Bonchev–Trinajstić information content (AvgIpc) is 2.50. The Morgan fingerprint density at radius 2 is 2.00 bits per heavy atom. The van der Waals surface area contributed by atoms with Crippen LogP contribution in [0.2, 0.25) is 0 Å².